The molecular weight excluding hydrogens is 132 g/mol. The van der Waals surface area contributed by atoms with Gasteiger partial charge in [0.1, 0.15) is 0 Å². The fourth-order valence-corrected chi connectivity index (χ4v) is 0.316. The average Bonchev–Trinajstić information content (AvgIpc) is 1.97. The summed E-state index contributed by atoms with van der Waals surface area (Å²) in [6.07, 6.45) is 3.27. The zero-order chi connectivity index (χ0) is 7.66. The normalized spacial score (nSPS) is 8.40. The Labute approximate surface area is 57.4 Å². The first-order chi connectivity index (χ1) is 4.91. The van der Waals surface area contributed by atoms with Gasteiger partial charge in [-0.05, 0) is 11.1 Å². The second kappa shape index (κ2) is 7.36. The Kier molecular flexibility index (Phi) is 6.15. The summed E-state index contributed by atoms with van der Waals surface area (Å²) in [4.78, 5) is 5.05. The van der Waals surface area contributed by atoms with Gasteiger partial charge in [-0.15, -0.1) is 0 Å². The lowest BCUT2D eigenvalue weighted by molar-refractivity contribution is 1.16. The van der Waals surface area contributed by atoms with Crippen molar-refractivity contribution in [1.82, 2.24) is 0 Å². The molecule has 0 aromatic carbocycles. The molecule has 0 radical (unpaired) electrons. The molecule has 0 aromatic rings. The molecule has 0 aliphatic rings. The summed E-state index contributed by atoms with van der Waals surface area (Å²) < 4.78 is 0. The molecule has 0 aromatic heterocycles. The minimum Gasteiger partial charge on any atom is -0.0899 e. The third-order valence-corrected chi connectivity index (χ3v) is 0.667. The highest BCUT2D eigenvalue weighted by atomic mass is 15.1. The molecule has 6 nitrogen and oxygen atoms in total. The second-order valence-electron chi connectivity index (χ2n) is 1.30. The van der Waals surface area contributed by atoms with Crippen LogP contribution in [0.3, 0.4) is 0 Å². The summed E-state index contributed by atoms with van der Waals surface area (Å²) in [7, 11) is 0. The smallest absolute Gasteiger partial charge is 0.0440 e. The van der Waals surface area contributed by atoms with Crippen molar-refractivity contribution in [2.75, 3.05) is 13.1 Å². The van der Waals surface area contributed by atoms with Crippen LogP contribution in [0.4, 0.5) is 0 Å². The lowest BCUT2D eigenvalue weighted by Crippen LogP contribution is -1.70. The van der Waals surface area contributed by atoms with Crippen molar-refractivity contribution in [1.29, 1.82) is 0 Å². The molecule has 0 amide bonds. The van der Waals surface area contributed by atoms with Gasteiger partial charge < -0.3 is 0 Å². The maximum absolute atomic E-state index is 7.81. The lowest BCUT2D eigenvalue weighted by atomic mass is 10.5. The molecule has 0 unspecified atom stereocenters. The number of hydrogen-bond donors (Lipinski definition) is 0. The molecule has 0 aliphatic heterocycles. The first-order valence-corrected chi connectivity index (χ1v) is 2.58. The van der Waals surface area contributed by atoms with Gasteiger partial charge in [0.25, 0.3) is 0 Å². The molecule has 0 saturated carbocycles. The van der Waals surface area contributed by atoms with E-state index >= 15 is 0 Å². The Bertz CT molecular complexity index is 172. The Morgan fingerprint density at radius 1 is 1.00 bits per heavy atom. The van der Waals surface area contributed by atoms with Crippen molar-refractivity contribution >= 4 is 0 Å². The topological polar surface area (TPSA) is 97.5 Å². The minimum atomic E-state index is 0.303. The first-order valence-electron chi connectivity index (χ1n) is 2.58. The highest BCUT2D eigenvalue weighted by Crippen LogP contribution is 1.78. The van der Waals surface area contributed by atoms with Crippen molar-refractivity contribution in [3.05, 3.63) is 33.0 Å². The zero-order valence-electron chi connectivity index (χ0n) is 5.25. The molecule has 0 fully saturated rings. The molecule has 10 heavy (non-hydrogen) atoms. The highest BCUT2D eigenvalue weighted by Gasteiger charge is 1.69. The van der Waals surface area contributed by atoms with E-state index in [0.717, 1.165) is 0 Å². The third-order valence-electron chi connectivity index (χ3n) is 0.667. The van der Waals surface area contributed by atoms with E-state index in [1.807, 2.05) is 0 Å². The second-order valence-corrected chi connectivity index (χ2v) is 1.30. The molecule has 6 heteroatoms. The van der Waals surface area contributed by atoms with E-state index in [1.54, 1.807) is 12.2 Å². The van der Waals surface area contributed by atoms with Crippen LogP contribution in [0.5, 0.6) is 0 Å². The van der Waals surface area contributed by atoms with Crippen molar-refractivity contribution in [3.63, 3.8) is 0 Å². The quantitative estimate of drug-likeness (QED) is 0.246. The summed E-state index contributed by atoms with van der Waals surface area (Å²) in [5.41, 5.74) is 15.6. The van der Waals surface area contributed by atoms with E-state index in [1.165, 1.54) is 0 Å². The Balaban J connectivity index is 3.37. The minimum absolute atomic E-state index is 0.303. The monoisotopic (exact) mass is 138 g/mol. The number of nitrogens with zero attached hydrogens (tertiary/aromatic N) is 6. The van der Waals surface area contributed by atoms with Crippen LogP contribution in [0.15, 0.2) is 22.4 Å². The largest absolute Gasteiger partial charge is 0.0899 e. The molecule has 52 valence electrons. The highest BCUT2D eigenvalue weighted by molar-refractivity contribution is 4.85. The molecule has 0 spiro atoms. The summed E-state index contributed by atoms with van der Waals surface area (Å²) >= 11 is 0. The van der Waals surface area contributed by atoms with E-state index in [2.05, 4.69) is 20.1 Å². The van der Waals surface area contributed by atoms with Crippen LogP contribution in [0.1, 0.15) is 0 Å². The summed E-state index contributed by atoms with van der Waals surface area (Å²) in [5, 5.41) is 6.46. The maximum atomic E-state index is 7.81. The zero-order valence-corrected chi connectivity index (χ0v) is 5.25. The van der Waals surface area contributed by atoms with Gasteiger partial charge in [-0.3, -0.25) is 0 Å². The molecule has 0 saturated heterocycles. The SMILES string of the molecule is [N-]=[N+]=NCC=CCN=[N+]=[N-]. The molecule has 0 rings (SSSR count). The number of azide groups is 2. The van der Waals surface area contributed by atoms with Crippen LogP contribution in [0.25, 0.3) is 20.9 Å². The molecular formula is C4H6N6. The Hall–Kier alpha value is -1.64. The van der Waals surface area contributed by atoms with E-state index in [9.17, 15) is 0 Å². The van der Waals surface area contributed by atoms with Gasteiger partial charge in [0, 0.05) is 22.9 Å². The Morgan fingerprint density at radius 3 is 1.70 bits per heavy atom. The summed E-state index contributed by atoms with van der Waals surface area (Å²) in [5.74, 6) is 0. The molecule has 0 atom stereocenters. The van der Waals surface area contributed by atoms with E-state index in [-0.39, 0.29) is 0 Å². The van der Waals surface area contributed by atoms with Crippen LogP contribution >= 0.6 is 0 Å². The maximum Gasteiger partial charge on any atom is 0.0440 e. The predicted molar refractivity (Wildman–Crippen MR) is 37.2 cm³/mol. The lowest BCUT2D eigenvalue weighted by Gasteiger charge is -1.75. The van der Waals surface area contributed by atoms with Gasteiger partial charge >= 0.3 is 0 Å². The first kappa shape index (κ1) is 8.36. The van der Waals surface area contributed by atoms with Gasteiger partial charge in [-0.1, -0.05) is 22.4 Å². The van der Waals surface area contributed by atoms with Crippen molar-refractivity contribution in [2.45, 2.75) is 0 Å². The summed E-state index contributed by atoms with van der Waals surface area (Å²) in [6, 6.07) is 0. The van der Waals surface area contributed by atoms with Crippen molar-refractivity contribution in [2.24, 2.45) is 10.2 Å². The standard InChI is InChI=1S/C4H6N6/c5-9-7-3-1-2-4-8-10-6/h1-2H,3-4H2. The number of hydrogen-bond acceptors (Lipinski definition) is 2. The van der Waals surface area contributed by atoms with Crippen molar-refractivity contribution < 1.29 is 0 Å². The van der Waals surface area contributed by atoms with Gasteiger partial charge in [-0.25, -0.2) is 0 Å². The van der Waals surface area contributed by atoms with Crippen LogP contribution in [0.2, 0.25) is 0 Å². The van der Waals surface area contributed by atoms with E-state index < -0.39 is 0 Å². The van der Waals surface area contributed by atoms with Crippen molar-refractivity contribution in [3.8, 4) is 0 Å². The van der Waals surface area contributed by atoms with Crippen LogP contribution in [-0.2, 0) is 0 Å². The molecule has 0 bridgehead atoms. The van der Waals surface area contributed by atoms with Crippen LogP contribution in [0, 0.1) is 0 Å². The van der Waals surface area contributed by atoms with Crippen LogP contribution < -0.4 is 0 Å². The van der Waals surface area contributed by atoms with Gasteiger partial charge in [0.15, 0.2) is 0 Å². The molecule has 0 aliphatic carbocycles. The van der Waals surface area contributed by atoms with Gasteiger partial charge in [-0.2, -0.15) is 0 Å². The van der Waals surface area contributed by atoms with Crippen LogP contribution in [-0.4, -0.2) is 13.1 Å². The molecule has 0 heterocycles. The fourth-order valence-electron chi connectivity index (χ4n) is 0.316. The fraction of sp³-hybridized carbons (Fsp3) is 0.500. The Morgan fingerprint density at radius 2 is 1.40 bits per heavy atom. The predicted octanol–water partition coefficient (Wildman–Crippen LogP) is 2.16. The molecule has 0 N–H and O–H groups in total. The third kappa shape index (κ3) is 6.36. The van der Waals surface area contributed by atoms with Gasteiger partial charge in [0.05, 0.1) is 0 Å². The average molecular weight is 138 g/mol. The van der Waals surface area contributed by atoms with E-state index in [4.69, 9.17) is 11.1 Å². The summed E-state index contributed by atoms with van der Waals surface area (Å²) in [6.45, 7) is 0.606. The van der Waals surface area contributed by atoms with E-state index in [0.29, 0.717) is 13.1 Å². The van der Waals surface area contributed by atoms with Gasteiger partial charge in [0.2, 0.25) is 0 Å². The number of rotatable bonds is 4.